The Morgan fingerprint density at radius 2 is 2.14 bits per heavy atom. The van der Waals surface area contributed by atoms with E-state index in [0.717, 1.165) is 44.1 Å². The Morgan fingerprint density at radius 3 is 2.86 bits per heavy atom. The molecule has 0 bridgehead atoms. The lowest BCUT2D eigenvalue weighted by molar-refractivity contribution is -0.125. The molecule has 0 unspecified atom stereocenters. The van der Waals surface area contributed by atoms with Crippen molar-refractivity contribution >= 4 is 11.9 Å². The summed E-state index contributed by atoms with van der Waals surface area (Å²) in [6, 6.07) is 0. The van der Waals surface area contributed by atoms with Gasteiger partial charge in [0.1, 0.15) is 0 Å². The van der Waals surface area contributed by atoms with Gasteiger partial charge in [-0.25, -0.2) is 4.79 Å². The largest absolute Gasteiger partial charge is 0.510 e. The summed E-state index contributed by atoms with van der Waals surface area (Å²) in [4.78, 5) is 22.8. The van der Waals surface area contributed by atoms with E-state index in [1.54, 1.807) is 6.08 Å². The molecule has 5 aliphatic rings. The van der Waals surface area contributed by atoms with Crippen LogP contribution in [0.3, 0.4) is 0 Å². The highest BCUT2D eigenvalue weighted by Gasteiger charge is 2.76. The van der Waals surface area contributed by atoms with Crippen LogP contribution in [-0.4, -0.2) is 27.8 Å². The van der Waals surface area contributed by atoms with Crippen molar-refractivity contribution in [1.29, 1.82) is 0 Å². The molecule has 0 saturated heterocycles. The molecule has 5 aliphatic carbocycles. The molecule has 8 atom stereocenters. The van der Waals surface area contributed by atoms with E-state index in [9.17, 15) is 14.7 Å². The topological polar surface area (TPSA) is 83.8 Å². The minimum absolute atomic E-state index is 0.193. The molecule has 2 N–H and O–H groups in total. The Hall–Kier alpha value is -1.88. The van der Waals surface area contributed by atoms with E-state index in [0.29, 0.717) is 36.0 Å². The maximum Gasteiger partial charge on any atom is 0.510 e. The third-order valence-corrected chi connectivity index (χ3v) is 9.18. The SMILES string of the molecule is C=C1C[C@@H]2[C@H](CC[C@@]3(CC)[C@H]2[C@H]2C[C@H]2[C@@]3(O)/C=C\OC(=O)O)[C@H]2CCC(=O)C=C12. The molecule has 0 heterocycles. The van der Waals surface area contributed by atoms with Crippen LogP contribution in [0.1, 0.15) is 51.9 Å². The molecule has 156 valence electrons. The van der Waals surface area contributed by atoms with Crippen molar-refractivity contribution in [2.45, 2.75) is 57.5 Å². The third kappa shape index (κ3) is 2.49. The average Bonchev–Trinajstić information content (AvgIpc) is 3.44. The quantitative estimate of drug-likeness (QED) is 0.541. The molecule has 0 aromatic rings. The summed E-state index contributed by atoms with van der Waals surface area (Å²) in [5, 5.41) is 20.7. The average molecular weight is 398 g/mol. The molecule has 0 aromatic carbocycles. The summed E-state index contributed by atoms with van der Waals surface area (Å²) in [6.45, 7) is 6.51. The van der Waals surface area contributed by atoms with Crippen LogP contribution >= 0.6 is 0 Å². The summed E-state index contributed by atoms with van der Waals surface area (Å²) >= 11 is 0. The standard InChI is InChI=1S/C24H30O5/c1-3-23-7-6-16-15-5-4-14(25)11-17(15)13(2)10-18(16)21(23)19-12-20(19)24(23,28)8-9-29-22(26)27/h8-9,11,15-16,18-21,28H,2-7,10,12H2,1H3,(H,26,27)/b9-8-/t15-,16-,18-,19+,20-,21-,23+,24+/m1/s1. The maximum absolute atomic E-state index is 12.0. The molecule has 0 radical (unpaired) electrons. The molecule has 5 heteroatoms. The zero-order chi connectivity index (χ0) is 20.6. The number of hydrogen-bond donors (Lipinski definition) is 2. The van der Waals surface area contributed by atoms with Crippen molar-refractivity contribution in [3.8, 4) is 0 Å². The van der Waals surface area contributed by atoms with Crippen molar-refractivity contribution in [2.24, 2.45) is 40.9 Å². The molecule has 0 aliphatic heterocycles. The molecule has 5 nitrogen and oxygen atoms in total. The van der Waals surface area contributed by atoms with Crippen molar-refractivity contribution in [1.82, 2.24) is 0 Å². The third-order valence-electron chi connectivity index (χ3n) is 9.18. The summed E-state index contributed by atoms with van der Waals surface area (Å²) in [5.74, 6) is 2.83. The Bertz CT molecular complexity index is 840. The van der Waals surface area contributed by atoms with Gasteiger partial charge in [-0.15, -0.1) is 0 Å². The van der Waals surface area contributed by atoms with Crippen LogP contribution in [0.25, 0.3) is 0 Å². The van der Waals surface area contributed by atoms with Crippen molar-refractivity contribution in [2.75, 3.05) is 0 Å². The van der Waals surface area contributed by atoms with Crippen LogP contribution < -0.4 is 0 Å². The van der Waals surface area contributed by atoms with E-state index in [1.165, 1.54) is 11.8 Å². The lowest BCUT2D eigenvalue weighted by Crippen LogP contribution is -2.55. The first-order valence-corrected chi connectivity index (χ1v) is 11.0. The summed E-state index contributed by atoms with van der Waals surface area (Å²) in [6.07, 6.45) is 9.68. The van der Waals surface area contributed by atoms with Crippen molar-refractivity contribution in [3.05, 3.63) is 36.1 Å². The number of carbonyl (C=O) groups excluding carboxylic acids is 1. The number of rotatable bonds is 3. The monoisotopic (exact) mass is 398 g/mol. The predicted octanol–water partition coefficient (Wildman–Crippen LogP) is 4.48. The van der Waals surface area contributed by atoms with Gasteiger partial charge in [-0.2, -0.15) is 0 Å². The van der Waals surface area contributed by atoms with E-state index in [-0.39, 0.29) is 17.1 Å². The predicted molar refractivity (Wildman–Crippen MR) is 107 cm³/mol. The van der Waals surface area contributed by atoms with Crippen LogP contribution in [0, 0.1) is 40.9 Å². The van der Waals surface area contributed by atoms with E-state index in [1.807, 2.05) is 6.08 Å². The van der Waals surface area contributed by atoms with Gasteiger partial charge in [-0.1, -0.05) is 19.1 Å². The molecule has 0 amide bonds. The van der Waals surface area contributed by atoms with Gasteiger partial charge >= 0.3 is 6.16 Å². The zero-order valence-corrected chi connectivity index (χ0v) is 17.0. The molecule has 4 saturated carbocycles. The number of ether oxygens (including phenoxy) is 1. The van der Waals surface area contributed by atoms with E-state index in [4.69, 9.17) is 5.11 Å². The minimum atomic E-state index is -1.35. The Morgan fingerprint density at radius 1 is 1.34 bits per heavy atom. The molecule has 29 heavy (non-hydrogen) atoms. The number of carbonyl (C=O) groups is 2. The van der Waals surface area contributed by atoms with Crippen LogP contribution in [0.4, 0.5) is 4.79 Å². The van der Waals surface area contributed by atoms with Gasteiger partial charge in [0.25, 0.3) is 0 Å². The molecule has 5 rings (SSSR count). The summed E-state index contributed by atoms with van der Waals surface area (Å²) < 4.78 is 4.63. The first kappa shape index (κ1) is 19.1. The second kappa shape index (κ2) is 6.31. The van der Waals surface area contributed by atoms with Gasteiger partial charge in [0.15, 0.2) is 5.78 Å². The van der Waals surface area contributed by atoms with Crippen molar-refractivity contribution < 1.29 is 24.5 Å². The Labute approximate surface area is 171 Å². The van der Waals surface area contributed by atoms with Gasteiger partial charge in [-0.3, -0.25) is 4.79 Å². The fraction of sp³-hybridized carbons (Fsp3) is 0.667. The number of carboxylic acid groups (broad SMARTS) is 1. The summed E-state index contributed by atoms with van der Waals surface area (Å²) in [5.41, 5.74) is 1.08. The highest BCUT2D eigenvalue weighted by Crippen LogP contribution is 2.77. The van der Waals surface area contributed by atoms with E-state index in [2.05, 4.69) is 18.2 Å². The molecular weight excluding hydrogens is 368 g/mol. The fourth-order valence-corrected chi connectivity index (χ4v) is 8.14. The van der Waals surface area contributed by atoms with Gasteiger partial charge in [0, 0.05) is 11.8 Å². The van der Waals surface area contributed by atoms with E-state index < -0.39 is 11.8 Å². The molecule has 0 aromatic heterocycles. The Kier molecular flexibility index (Phi) is 4.16. The number of fused-ring (bicyclic) bond motifs is 7. The second-order valence-electron chi connectivity index (χ2n) is 9.94. The van der Waals surface area contributed by atoms with Gasteiger partial charge in [0.2, 0.25) is 0 Å². The molecule has 0 spiro atoms. The normalized spacial score (nSPS) is 47.7. The highest BCUT2D eigenvalue weighted by molar-refractivity contribution is 5.92. The minimum Gasteiger partial charge on any atom is -0.449 e. The number of ketones is 1. The van der Waals surface area contributed by atoms with Crippen LogP contribution in [-0.2, 0) is 9.53 Å². The van der Waals surface area contributed by atoms with Gasteiger partial charge in [0.05, 0.1) is 11.9 Å². The Balaban J connectivity index is 1.50. The summed E-state index contributed by atoms with van der Waals surface area (Å²) in [7, 11) is 0. The maximum atomic E-state index is 12.0. The van der Waals surface area contributed by atoms with Gasteiger partial charge in [-0.05, 0) is 91.8 Å². The van der Waals surface area contributed by atoms with Gasteiger partial charge < -0.3 is 14.9 Å². The number of allylic oxidation sites excluding steroid dienone is 2. The smallest absolute Gasteiger partial charge is 0.449 e. The fourth-order valence-electron chi connectivity index (χ4n) is 8.14. The lowest BCUT2D eigenvalue weighted by Gasteiger charge is -2.58. The van der Waals surface area contributed by atoms with Crippen LogP contribution in [0.2, 0.25) is 0 Å². The lowest BCUT2D eigenvalue weighted by atomic mass is 9.47. The first-order valence-electron chi connectivity index (χ1n) is 11.0. The van der Waals surface area contributed by atoms with Crippen LogP contribution in [0.15, 0.2) is 36.1 Å². The van der Waals surface area contributed by atoms with Crippen molar-refractivity contribution in [3.63, 3.8) is 0 Å². The van der Waals surface area contributed by atoms with E-state index >= 15 is 0 Å². The highest BCUT2D eigenvalue weighted by atomic mass is 16.7. The molecular formula is C24H30O5. The molecule has 4 fully saturated rings. The second-order valence-corrected chi connectivity index (χ2v) is 9.94. The zero-order valence-electron chi connectivity index (χ0n) is 17.0. The first-order chi connectivity index (χ1) is 13.8. The van der Waals surface area contributed by atoms with Crippen LogP contribution in [0.5, 0.6) is 0 Å². The number of aliphatic hydroxyl groups is 1. The number of hydrogen-bond acceptors (Lipinski definition) is 4.